The number of aromatic amines is 1. The fraction of sp³-hybridized carbons (Fsp3) is 0.136. The lowest BCUT2D eigenvalue weighted by molar-refractivity contribution is -0.118. The molecule has 0 aliphatic heterocycles. The summed E-state index contributed by atoms with van der Waals surface area (Å²) in [4.78, 5) is 16.6. The molecular weight excluding hydrogens is 471 g/mol. The summed E-state index contributed by atoms with van der Waals surface area (Å²) in [5, 5.41) is 11.5. The Balaban J connectivity index is 1.30. The molecular formula is C22H18Cl2N4O3S. The number of hydrogen-bond acceptors (Lipinski definition) is 6. The van der Waals surface area contributed by atoms with Crippen molar-refractivity contribution in [2.45, 2.75) is 11.7 Å². The van der Waals surface area contributed by atoms with Crippen LogP contribution in [0.2, 0.25) is 10.0 Å². The number of furan rings is 1. The first-order chi connectivity index (χ1) is 15.5. The average molecular weight is 489 g/mol. The number of methoxy groups -OCH3 is 1. The number of benzene rings is 2. The van der Waals surface area contributed by atoms with Gasteiger partial charge in [0.05, 0.1) is 25.0 Å². The molecule has 0 aliphatic rings. The molecule has 0 unspecified atom stereocenters. The highest BCUT2D eigenvalue weighted by atomic mass is 35.5. The zero-order valence-corrected chi connectivity index (χ0v) is 19.2. The lowest BCUT2D eigenvalue weighted by Gasteiger charge is -2.05. The Bertz CT molecular complexity index is 1220. The Morgan fingerprint density at radius 3 is 2.69 bits per heavy atom. The molecule has 2 aromatic carbocycles. The third-order valence-corrected chi connectivity index (χ3v) is 5.80. The lowest BCUT2D eigenvalue weighted by Crippen LogP contribution is -2.24. The number of carbonyl (C=O) groups excluding carboxylic acids is 1. The van der Waals surface area contributed by atoms with Crippen molar-refractivity contribution in [2.24, 2.45) is 0 Å². The largest absolute Gasteiger partial charge is 0.496 e. The second-order valence-corrected chi connectivity index (χ2v) is 8.46. The van der Waals surface area contributed by atoms with Gasteiger partial charge in [-0.1, -0.05) is 35.0 Å². The van der Waals surface area contributed by atoms with E-state index in [4.69, 9.17) is 32.4 Å². The topological polar surface area (TPSA) is 93.0 Å². The zero-order valence-electron chi connectivity index (χ0n) is 16.9. The molecule has 2 aromatic heterocycles. The van der Waals surface area contributed by atoms with Crippen LogP contribution in [-0.2, 0) is 11.3 Å². The van der Waals surface area contributed by atoms with Crippen molar-refractivity contribution in [2.75, 3.05) is 12.9 Å². The first-order valence-electron chi connectivity index (χ1n) is 9.52. The van der Waals surface area contributed by atoms with Crippen molar-refractivity contribution < 1.29 is 13.9 Å². The van der Waals surface area contributed by atoms with Crippen molar-refractivity contribution in [1.29, 1.82) is 0 Å². The molecule has 0 atom stereocenters. The van der Waals surface area contributed by atoms with Gasteiger partial charge in [0.25, 0.3) is 0 Å². The van der Waals surface area contributed by atoms with E-state index >= 15 is 0 Å². The number of nitrogens with zero attached hydrogens (tertiary/aromatic N) is 2. The van der Waals surface area contributed by atoms with Crippen molar-refractivity contribution in [3.63, 3.8) is 0 Å². The molecule has 7 nitrogen and oxygen atoms in total. The molecule has 10 heteroatoms. The standard InChI is InChI=1S/C22H18Cl2N4O3S/c1-30-19-8-6-15(24)10-17(19)21-26-22(28-27-21)32-12-20(29)25-11-16-7-9-18(31-16)13-2-4-14(23)5-3-13/h2-10H,11-12H2,1H3,(H,25,29)(H,26,27,28). The van der Waals surface area contributed by atoms with Crippen LogP contribution in [0.3, 0.4) is 0 Å². The number of hydrogen-bond donors (Lipinski definition) is 2. The van der Waals surface area contributed by atoms with E-state index in [0.29, 0.717) is 43.9 Å². The van der Waals surface area contributed by atoms with Crippen LogP contribution >= 0.6 is 35.0 Å². The normalized spacial score (nSPS) is 10.8. The molecule has 0 saturated carbocycles. The first kappa shape index (κ1) is 22.3. The number of aromatic nitrogens is 3. The number of thioether (sulfide) groups is 1. The van der Waals surface area contributed by atoms with Crippen molar-refractivity contribution in [3.05, 3.63) is 70.4 Å². The van der Waals surface area contributed by atoms with E-state index in [2.05, 4.69) is 20.5 Å². The van der Waals surface area contributed by atoms with E-state index < -0.39 is 0 Å². The van der Waals surface area contributed by atoms with Crippen molar-refractivity contribution in [3.8, 4) is 28.5 Å². The molecule has 32 heavy (non-hydrogen) atoms. The van der Waals surface area contributed by atoms with Gasteiger partial charge >= 0.3 is 0 Å². The molecule has 0 fully saturated rings. The molecule has 0 spiro atoms. The third kappa shape index (κ3) is 5.45. The maximum atomic E-state index is 12.2. The van der Waals surface area contributed by atoms with Crippen LogP contribution in [0.25, 0.3) is 22.7 Å². The van der Waals surface area contributed by atoms with Crippen LogP contribution in [0.5, 0.6) is 5.75 Å². The molecule has 164 valence electrons. The van der Waals surface area contributed by atoms with Crippen LogP contribution < -0.4 is 10.1 Å². The minimum absolute atomic E-state index is 0.161. The third-order valence-electron chi connectivity index (χ3n) is 4.46. The Hall–Kier alpha value is -2.94. The maximum Gasteiger partial charge on any atom is 0.230 e. The van der Waals surface area contributed by atoms with E-state index in [1.807, 2.05) is 24.3 Å². The van der Waals surface area contributed by atoms with Crippen LogP contribution in [0.15, 0.2) is 64.2 Å². The molecule has 2 N–H and O–H groups in total. The number of nitrogens with one attached hydrogen (secondary N) is 2. The van der Waals surface area contributed by atoms with Crippen LogP contribution in [0.1, 0.15) is 5.76 Å². The summed E-state index contributed by atoms with van der Waals surface area (Å²) < 4.78 is 11.1. The number of carbonyl (C=O) groups is 1. The van der Waals surface area contributed by atoms with Gasteiger partial charge in [-0.2, -0.15) is 0 Å². The monoisotopic (exact) mass is 488 g/mol. The average Bonchev–Trinajstić information content (AvgIpc) is 3.47. The van der Waals surface area contributed by atoms with Gasteiger partial charge in [0, 0.05) is 15.6 Å². The Kier molecular flexibility index (Phi) is 7.04. The van der Waals surface area contributed by atoms with Crippen LogP contribution in [0.4, 0.5) is 0 Å². The van der Waals surface area contributed by atoms with Gasteiger partial charge in [-0.3, -0.25) is 9.89 Å². The molecule has 4 rings (SSSR count). The molecule has 2 heterocycles. The maximum absolute atomic E-state index is 12.2. The number of H-pyrrole nitrogens is 1. The number of amides is 1. The minimum Gasteiger partial charge on any atom is -0.496 e. The summed E-state index contributed by atoms with van der Waals surface area (Å²) in [6, 6.07) is 16.3. The second-order valence-electron chi connectivity index (χ2n) is 6.65. The molecule has 0 saturated heterocycles. The lowest BCUT2D eigenvalue weighted by atomic mass is 10.2. The van der Waals surface area contributed by atoms with Gasteiger partial charge in [0.15, 0.2) is 5.82 Å². The molecule has 1 amide bonds. The Morgan fingerprint density at radius 1 is 1.12 bits per heavy atom. The predicted molar refractivity (Wildman–Crippen MR) is 125 cm³/mol. The fourth-order valence-corrected chi connectivity index (χ4v) is 3.83. The van der Waals surface area contributed by atoms with E-state index in [1.165, 1.54) is 11.8 Å². The van der Waals surface area contributed by atoms with Gasteiger partial charge in [0.2, 0.25) is 11.1 Å². The molecule has 4 aromatic rings. The van der Waals surface area contributed by atoms with Gasteiger partial charge in [-0.05, 0) is 54.6 Å². The Morgan fingerprint density at radius 2 is 1.91 bits per heavy atom. The summed E-state index contributed by atoms with van der Waals surface area (Å²) >= 11 is 13.2. The quantitative estimate of drug-likeness (QED) is 0.320. The summed E-state index contributed by atoms with van der Waals surface area (Å²) in [7, 11) is 1.57. The van der Waals surface area contributed by atoms with Gasteiger partial charge < -0.3 is 14.5 Å². The SMILES string of the molecule is COc1ccc(Cl)cc1-c1nc(SCC(=O)NCc2ccc(-c3ccc(Cl)cc3)o2)n[nH]1. The number of rotatable bonds is 8. The summed E-state index contributed by atoms with van der Waals surface area (Å²) in [6.07, 6.45) is 0. The molecule has 0 aliphatic carbocycles. The van der Waals surface area contributed by atoms with E-state index in [0.717, 1.165) is 5.56 Å². The summed E-state index contributed by atoms with van der Waals surface area (Å²) in [5.41, 5.74) is 1.61. The van der Waals surface area contributed by atoms with Gasteiger partial charge in [-0.15, -0.1) is 5.10 Å². The van der Waals surface area contributed by atoms with E-state index in [1.54, 1.807) is 37.4 Å². The number of ether oxygens (including phenoxy) is 1. The van der Waals surface area contributed by atoms with Crippen LogP contribution in [-0.4, -0.2) is 34.0 Å². The highest BCUT2D eigenvalue weighted by Gasteiger charge is 2.13. The van der Waals surface area contributed by atoms with Crippen molar-refractivity contribution >= 4 is 40.9 Å². The van der Waals surface area contributed by atoms with Crippen LogP contribution in [0, 0.1) is 0 Å². The fourth-order valence-electron chi connectivity index (χ4n) is 2.91. The van der Waals surface area contributed by atoms with Gasteiger partial charge in [-0.25, -0.2) is 4.98 Å². The smallest absolute Gasteiger partial charge is 0.230 e. The Labute approximate surface area is 198 Å². The first-order valence-corrected chi connectivity index (χ1v) is 11.3. The second kappa shape index (κ2) is 10.1. The molecule has 0 radical (unpaired) electrons. The van der Waals surface area contributed by atoms with Crippen molar-refractivity contribution in [1.82, 2.24) is 20.5 Å². The van der Waals surface area contributed by atoms with E-state index in [9.17, 15) is 4.79 Å². The predicted octanol–water partition coefficient (Wildman–Crippen LogP) is 5.46. The minimum atomic E-state index is -0.161. The van der Waals surface area contributed by atoms with Gasteiger partial charge in [0.1, 0.15) is 17.3 Å². The zero-order chi connectivity index (χ0) is 22.5. The summed E-state index contributed by atoms with van der Waals surface area (Å²) in [6.45, 7) is 0.284. The highest BCUT2D eigenvalue weighted by Crippen LogP contribution is 2.31. The van der Waals surface area contributed by atoms with E-state index in [-0.39, 0.29) is 18.2 Å². The molecule has 0 bridgehead atoms. The number of halogens is 2. The summed E-state index contributed by atoms with van der Waals surface area (Å²) in [5.74, 6) is 2.50. The highest BCUT2D eigenvalue weighted by molar-refractivity contribution is 7.99.